The number of amides is 1. The highest BCUT2D eigenvalue weighted by molar-refractivity contribution is 6.32. The zero-order chi connectivity index (χ0) is 11.4. The van der Waals surface area contributed by atoms with Crippen molar-refractivity contribution in [3.63, 3.8) is 0 Å². The molecule has 1 atom stereocenters. The van der Waals surface area contributed by atoms with E-state index in [9.17, 15) is 19.2 Å². The Morgan fingerprint density at radius 1 is 1.53 bits per heavy atom. The summed E-state index contributed by atoms with van der Waals surface area (Å²) in [5.74, 6) is -2.55. The largest absolute Gasteiger partial charge is 0.421 e. The lowest BCUT2D eigenvalue weighted by molar-refractivity contribution is -0.145. The van der Waals surface area contributed by atoms with Gasteiger partial charge in [0.05, 0.1) is 0 Å². The molecule has 1 N–H and O–H groups in total. The summed E-state index contributed by atoms with van der Waals surface area (Å²) in [5, 5.41) is 2.36. The quantitative estimate of drug-likeness (QED) is 0.214. The van der Waals surface area contributed by atoms with Crippen molar-refractivity contribution < 1.29 is 23.9 Å². The standard InChI is InChI=1S/C9H9NO5/c1-5(7(12)4-11)15-9(14)6-2-3-8(13)10-6/h4,6H,1-3H2,(H,10,13)/t6-/m0/s1. The van der Waals surface area contributed by atoms with Gasteiger partial charge < -0.3 is 10.1 Å². The first-order valence-electron chi connectivity index (χ1n) is 4.24. The molecule has 6 nitrogen and oxygen atoms in total. The molecule has 0 spiro atoms. The van der Waals surface area contributed by atoms with Gasteiger partial charge in [0.15, 0.2) is 12.0 Å². The molecule has 0 aromatic heterocycles. The predicted octanol–water partition coefficient (Wildman–Crippen LogP) is -0.910. The Labute approximate surface area is 85.3 Å². The van der Waals surface area contributed by atoms with E-state index in [0.29, 0.717) is 6.42 Å². The number of carbonyl (C=O) groups is 4. The third-order valence-corrected chi connectivity index (χ3v) is 1.89. The average molecular weight is 211 g/mol. The number of Topliss-reactive ketones (excluding diaryl/α,β-unsaturated/α-hetero) is 1. The van der Waals surface area contributed by atoms with Gasteiger partial charge in [-0.25, -0.2) is 4.79 Å². The van der Waals surface area contributed by atoms with Gasteiger partial charge in [-0.1, -0.05) is 6.58 Å². The number of esters is 1. The number of ether oxygens (including phenoxy) is 1. The fourth-order valence-electron chi connectivity index (χ4n) is 1.10. The van der Waals surface area contributed by atoms with E-state index in [0.717, 1.165) is 0 Å². The normalized spacial score (nSPS) is 19.2. The highest BCUT2D eigenvalue weighted by Crippen LogP contribution is 2.09. The third-order valence-electron chi connectivity index (χ3n) is 1.89. The maximum absolute atomic E-state index is 11.3. The van der Waals surface area contributed by atoms with Crippen LogP contribution in [-0.4, -0.2) is 30.0 Å². The van der Waals surface area contributed by atoms with Crippen molar-refractivity contribution >= 4 is 23.9 Å². The highest BCUT2D eigenvalue weighted by Gasteiger charge is 2.29. The van der Waals surface area contributed by atoms with Gasteiger partial charge >= 0.3 is 5.97 Å². The molecule has 0 saturated carbocycles. The molecule has 6 heteroatoms. The molecule has 1 rings (SSSR count). The van der Waals surface area contributed by atoms with Gasteiger partial charge in [-0.05, 0) is 6.42 Å². The molecule has 80 valence electrons. The van der Waals surface area contributed by atoms with Crippen LogP contribution in [0.25, 0.3) is 0 Å². The van der Waals surface area contributed by atoms with E-state index in [1.54, 1.807) is 0 Å². The van der Waals surface area contributed by atoms with Crippen molar-refractivity contribution in [1.29, 1.82) is 0 Å². The van der Waals surface area contributed by atoms with Gasteiger partial charge in [0.25, 0.3) is 5.78 Å². The van der Waals surface area contributed by atoms with Crippen molar-refractivity contribution in [1.82, 2.24) is 5.32 Å². The molecule has 1 aliphatic rings. The van der Waals surface area contributed by atoms with Crippen LogP contribution in [0.5, 0.6) is 0 Å². The summed E-state index contributed by atoms with van der Waals surface area (Å²) in [5.41, 5.74) is 0. The molecule has 1 heterocycles. The van der Waals surface area contributed by atoms with Gasteiger partial charge in [0, 0.05) is 6.42 Å². The van der Waals surface area contributed by atoms with E-state index in [4.69, 9.17) is 0 Å². The molecule has 15 heavy (non-hydrogen) atoms. The van der Waals surface area contributed by atoms with Crippen LogP contribution >= 0.6 is 0 Å². The number of nitrogens with one attached hydrogen (secondary N) is 1. The molecule has 0 radical (unpaired) electrons. The van der Waals surface area contributed by atoms with E-state index in [2.05, 4.69) is 16.6 Å². The molecule has 0 unspecified atom stereocenters. The number of rotatable bonds is 4. The number of hydrogen-bond acceptors (Lipinski definition) is 5. The zero-order valence-electron chi connectivity index (χ0n) is 7.82. The Morgan fingerprint density at radius 3 is 2.67 bits per heavy atom. The topological polar surface area (TPSA) is 89.5 Å². The number of carbonyl (C=O) groups excluding carboxylic acids is 4. The summed E-state index contributed by atoms with van der Waals surface area (Å²) >= 11 is 0. The van der Waals surface area contributed by atoms with E-state index in [1.807, 2.05) is 0 Å². The summed E-state index contributed by atoms with van der Waals surface area (Å²) < 4.78 is 4.51. The maximum Gasteiger partial charge on any atom is 0.334 e. The monoisotopic (exact) mass is 211 g/mol. The Morgan fingerprint density at radius 2 is 2.20 bits per heavy atom. The minimum Gasteiger partial charge on any atom is -0.421 e. The predicted molar refractivity (Wildman–Crippen MR) is 47.5 cm³/mol. The maximum atomic E-state index is 11.3. The molecule has 0 aliphatic carbocycles. The Balaban J connectivity index is 2.49. The first-order chi connectivity index (χ1) is 7.04. The van der Waals surface area contributed by atoms with Gasteiger partial charge in [-0.2, -0.15) is 0 Å². The third kappa shape index (κ3) is 2.73. The van der Waals surface area contributed by atoms with Crippen LogP contribution in [0.2, 0.25) is 0 Å². The fourth-order valence-corrected chi connectivity index (χ4v) is 1.10. The first-order valence-corrected chi connectivity index (χ1v) is 4.24. The van der Waals surface area contributed by atoms with Crippen molar-refractivity contribution in [2.24, 2.45) is 0 Å². The van der Waals surface area contributed by atoms with Crippen molar-refractivity contribution in [3.8, 4) is 0 Å². The van der Waals surface area contributed by atoms with Crippen LogP contribution in [0.4, 0.5) is 0 Å². The molecular weight excluding hydrogens is 202 g/mol. The van der Waals surface area contributed by atoms with Crippen molar-refractivity contribution in [2.75, 3.05) is 0 Å². The van der Waals surface area contributed by atoms with E-state index < -0.39 is 23.6 Å². The zero-order valence-corrected chi connectivity index (χ0v) is 7.82. The summed E-state index contributed by atoms with van der Waals surface area (Å²) in [6.07, 6.45) is 0.566. The van der Waals surface area contributed by atoms with Crippen LogP contribution in [0.1, 0.15) is 12.8 Å². The Kier molecular flexibility index (Phi) is 3.33. The second-order valence-corrected chi connectivity index (χ2v) is 2.99. The van der Waals surface area contributed by atoms with Gasteiger partial charge in [0.2, 0.25) is 5.91 Å². The molecule has 1 fully saturated rings. The van der Waals surface area contributed by atoms with Crippen molar-refractivity contribution in [3.05, 3.63) is 12.3 Å². The molecular formula is C9H9NO5. The highest BCUT2D eigenvalue weighted by atomic mass is 16.5. The molecule has 1 saturated heterocycles. The van der Waals surface area contributed by atoms with Crippen molar-refractivity contribution in [2.45, 2.75) is 18.9 Å². The van der Waals surface area contributed by atoms with Crippen LogP contribution in [0.15, 0.2) is 12.3 Å². The van der Waals surface area contributed by atoms with Crippen LogP contribution < -0.4 is 5.32 Å². The Bertz CT molecular complexity index is 346. The summed E-state index contributed by atoms with van der Waals surface area (Å²) in [7, 11) is 0. The summed E-state index contributed by atoms with van der Waals surface area (Å²) in [4.78, 5) is 42.7. The lowest BCUT2D eigenvalue weighted by Gasteiger charge is -2.09. The minimum absolute atomic E-state index is 0.00282. The smallest absolute Gasteiger partial charge is 0.334 e. The number of hydrogen-bond donors (Lipinski definition) is 1. The van der Waals surface area contributed by atoms with E-state index >= 15 is 0 Å². The molecule has 0 aromatic rings. The van der Waals surface area contributed by atoms with Gasteiger partial charge in [-0.15, -0.1) is 0 Å². The van der Waals surface area contributed by atoms with Gasteiger partial charge in [0.1, 0.15) is 6.04 Å². The first kappa shape index (κ1) is 11.1. The molecule has 1 aliphatic heterocycles. The molecule has 0 aromatic carbocycles. The average Bonchev–Trinajstić information content (AvgIpc) is 2.63. The number of aldehydes is 1. The van der Waals surface area contributed by atoms with Crippen LogP contribution in [0, 0.1) is 0 Å². The summed E-state index contributed by atoms with van der Waals surface area (Å²) in [6, 6.07) is -0.756. The van der Waals surface area contributed by atoms with Crippen LogP contribution in [-0.2, 0) is 23.9 Å². The number of allylic oxidation sites excluding steroid dienone is 1. The van der Waals surface area contributed by atoms with Gasteiger partial charge in [-0.3, -0.25) is 14.4 Å². The number of ketones is 1. The lowest BCUT2D eigenvalue weighted by Crippen LogP contribution is -2.34. The fraction of sp³-hybridized carbons (Fsp3) is 0.333. The SMILES string of the molecule is C=C(OC(=O)[C@@H]1CCC(=O)N1)C(=O)C=O. The summed E-state index contributed by atoms with van der Waals surface area (Å²) in [6.45, 7) is 3.12. The second kappa shape index (κ2) is 4.50. The van der Waals surface area contributed by atoms with Crippen LogP contribution in [0.3, 0.4) is 0 Å². The second-order valence-electron chi connectivity index (χ2n) is 2.99. The van der Waals surface area contributed by atoms with E-state index in [1.165, 1.54) is 0 Å². The Hall–Kier alpha value is -1.98. The molecule has 0 bridgehead atoms. The lowest BCUT2D eigenvalue weighted by atomic mass is 10.2. The van der Waals surface area contributed by atoms with E-state index in [-0.39, 0.29) is 18.6 Å². The minimum atomic E-state index is -0.993. The molecule has 1 amide bonds.